The zero-order valence-corrected chi connectivity index (χ0v) is 13.8. The summed E-state index contributed by atoms with van der Waals surface area (Å²) in [6.07, 6.45) is 0. The molecule has 3 heteroatoms. The van der Waals surface area contributed by atoms with Crippen LogP contribution in [0.25, 0.3) is 0 Å². The molecule has 0 bridgehead atoms. The molecule has 3 N–H and O–H groups in total. The van der Waals surface area contributed by atoms with Gasteiger partial charge in [-0.15, -0.1) is 0 Å². The predicted octanol–water partition coefficient (Wildman–Crippen LogP) is 4.73. The maximum absolute atomic E-state index is 6.03. The molecule has 0 unspecified atom stereocenters. The molecule has 0 aliphatic carbocycles. The summed E-state index contributed by atoms with van der Waals surface area (Å²) in [7, 11) is 0. The summed E-state index contributed by atoms with van der Waals surface area (Å²) < 4.78 is 0.999. The van der Waals surface area contributed by atoms with Crippen LogP contribution < -0.4 is 11.1 Å². The van der Waals surface area contributed by atoms with Crippen molar-refractivity contribution in [3.8, 4) is 0 Å². The summed E-state index contributed by atoms with van der Waals surface area (Å²) in [5.74, 6) is 0. The standard InChI is InChI=1S/C17H21BrN2/c1-12-6-4-5-7-14(12)17(2,3)11-20-16-9-8-13(18)10-15(16)19/h4-10,20H,11,19H2,1-3H3. The lowest BCUT2D eigenvalue weighted by Gasteiger charge is -2.28. The second-order valence-corrected chi connectivity index (χ2v) is 6.70. The second-order valence-electron chi connectivity index (χ2n) is 5.78. The lowest BCUT2D eigenvalue weighted by atomic mass is 9.82. The van der Waals surface area contributed by atoms with Crippen molar-refractivity contribution in [1.29, 1.82) is 0 Å². The van der Waals surface area contributed by atoms with Crippen molar-refractivity contribution in [2.24, 2.45) is 0 Å². The zero-order chi connectivity index (χ0) is 14.8. The fourth-order valence-corrected chi connectivity index (χ4v) is 2.82. The smallest absolute Gasteiger partial charge is 0.0575 e. The molecular formula is C17H21BrN2. The Bertz CT molecular complexity index is 606. The molecule has 2 aromatic rings. The van der Waals surface area contributed by atoms with E-state index in [9.17, 15) is 0 Å². The van der Waals surface area contributed by atoms with Crippen LogP contribution in [0, 0.1) is 6.92 Å². The first-order valence-electron chi connectivity index (χ1n) is 6.75. The highest BCUT2D eigenvalue weighted by molar-refractivity contribution is 9.10. The molecule has 2 aromatic carbocycles. The van der Waals surface area contributed by atoms with Crippen molar-refractivity contribution in [2.45, 2.75) is 26.2 Å². The molecule has 2 nitrogen and oxygen atoms in total. The Hall–Kier alpha value is -1.48. The Morgan fingerprint density at radius 1 is 1.15 bits per heavy atom. The number of nitrogen functional groups attached to an aromatic ring is 1. The first-order valence-corrected chi connectivity index (χ1v) is 7.54. The normalized spacial score (nSPS) is 11.4. The molecule has 0 aromatic heterocycles. The highest BCUT2D eigenvalue weighted by Gasteiger charge is 2.22. The van der Waals surface area contributed by atoms with E-state index in [-0.39, 0.29) is 5.41 Å². The molecule has 0 spiro atoms. The molecule has 0 radical (unpaired) electrons. The first-order chi connectivity index (χ1) is 9.40. The molecule has 0 amide bonds. The summed E-state index contributed by atoms with van der Waals surface area (Å²) in [4.78, 5) is 0. The van der Waals surface area contributed by atoms with E-state index in [4.69, 9.17) is 5.73 Å². The van der Waals surface area contributed by atoms with Gasteiger partial charge in [0.15, 0.2) is 0 Å². The maximum atomic E-state index is 6.03. The van der Waals surface area contributed by atoms with E-state index in [0.29, 0.717) is 0 Å². The number of nitrogens with two attached hydrogens (primary N) is 1. The van der Waals surface area contributed by atoms with E-state index < -0.39 is 0 Å². The van der Waals surface area contributed by atoms with E-state index in [1.165, 1.54) is 11.1 Å². The van der Waals surface area contributed by atoms with E-state index >= 15 is 0 Å². The van der Waals surface area contributed by atoms with Gasteiger partial charge in [0.2, 0.25) is 0 Å². The SMILES string of the molecule is Cc1ccccc1C(C)(C)CNc1ccc(Br)cc1N. The first kappa shape index (κ1) is 14.9. The highest BCUT2D eigenvalue weighted by Crippen LogP contribution is 2.28. The van der Waals surface area contributed by atoms with Crippen LogP contribution >= 0.6 is 15.9 Å². The molecule has 0 heterocycles. The fourth-order valence-electron chi connectivity index (χ4n) is 2.44. The summed E-state index contributed by atoms with van der Waals surface area (Å²) >= 11 is 3.43. The predicted molar refractivity (Wildman–Crippen MR) is 91.2 cm³/mol. The van der Waals surface area contributed by atoms with E-state index in [0.717, 1.165) is 22.4 Å². The average molecular weight is 333 g/mol. The highest BCUT2D eigenvalue weighted by atomic mass is 79.9. The molecule has 106 valence electrons. The number of anilines is 2. The Balaban J connectivity index is 2.15. The zero-order valence-electron chi connectivity index (χ0n) is 12.2. The minimum Gasteiger partial charge on any atom is -0.397 e. The average Bonchev–Trinajstić information content (AvgIpc) is 2.38. The van der Waals surface area contributed by atoms with Crippen molar-refractivity contribution in [1.82, 2.24) is 0 Å². The van der Waals surface area contributed by atoms with Crippen molar-refractivity contribution in [3.05, 3.63) is 58.1 Å². The Labute approximate surface area is 129 Å². The van der Waals surface area contributed by atoms with Crippen LogP contribution in [0.2, 0.25) is 0 Å². The second kappa shape index (κ2) is 5.88. The monoisotopic (exact) mass is 332 g/mol. The van der Waals surface area contributed by atoms with Gasteiger partial charge in [0.1, 0.15) is 0 Å². The largest absolute Gasteiger partial charge is 0.397 e. The van der Waals surface area contributed by atoms with E-state index in [1.807, 2.05) is 18.2 Å². The van der Waals surface area contributed by atoms with Gasteiger partial charge in [0, 0.05) is 16.4 Å². The van der Waals surface area contributed by atoms with Crippen LogP contribution in [0.4, 0.5) is 11.4 Å². The van der Waals surface area contributed by atoms with Gasteiger partial charge in [-0.05, 0) is 36.2 Å². The molecule has 0 aliphatic rings. The maximum Gasteiger partial charge on any atom is 0.0575 e. The van der Waals surface area contributed by atoms with Crippen LogP contribution in [0.3, 0.4) is 0 Å². The minimum atomic E-state index is 0.0465. The topological polar surface area (TPSA) is 38.0 Å². The molecule has 0 saturated carbocycles. The van der Waals surface area contributed by atoms with Gasteiger partial charge in [-0.25, -0.2) is 0 Å². The van der Waals surface area contributed by atoms with Crippen LogP contribution in [0.15, 0.2) is 46.9 Å². The number of hydrogen-bond donors (Lipinski definition) is 2. The quantitative estimate of drug-likeness (QED) is 0.794. The Morgan fingerprint density at radius 3 is 2.50 bits per heavy atom. The third kappa shape index (κ3) is 3.34. The van der Waals surface area contributed by atoms with Gasteiger partial charge in [-0.3, -0.25) is 0 Å². The van der Waals surface area contributed by atoms with Crippen LogP contribution in [0.5, 0.6) is 0 Å². The molecule has 20 heavy (non-hydrogen) atoms. The molecular weight excluding hydrogens is 312 g/mol. The van der Waals surface area contributed by atoms with E-state index in [2.05, 4.69) is 66.3 Å². The molecule has 0 aliphatic heterocycles. The molecule has 2 rings (SSSR count). The van der Waals surface area contributed by atoms with Crippen LogP contribution in [0.1, 0.15) is 25.0 Å². The summed E-state index contributed by atoms with van der Waals surface area (Å²) in [6, 6.07) is 14.5. The van der Waals surface area contributed by atoms with Gasteiger partial charge in [-0.2, -0.15) is 0 Å². The van der Waals surface area contributed by atoms with Crippen molar-refractivity contribution in [2.75, 3.05) is 17.6 Å². The van der Waals surface area contributed by atoms with Gasteiger partial charge in [-0.1, -0.05) is 54.0 Å². The number of aryl methyl sites for hydroxylation is 1. The van der Waals surface area contributed by atoms with Gasteiger partial charge < -0.3 is 11.1 Å². The number of halogens is 1. The Morgan fingerprint density at radius 2 is 1.85 bits per heavy atom. The summed E-state index contributed by atoms with van der Waals surface area (Å²) in [6.45, 7) is 7.49. The molecule has 0 fully saturated rings. The van der Waals surface area contributed by atoms with Crippen molar-refractivity contribution < 1.29 is 0 Å². The summed E-state index contributed by atoms with van der Waals surface area (Å²) in [5, 5.41) is 3.46. The van der Waals surface area contributed by atoms with E-state index in [1.54, 1.807) is 0 Å². The summed E-state index contributed by atoms with van der Waals surface area (Å²) in [5.41, 5.74) is 10.5. The Kier molecular flexibility index (Phi) is 4.39. The third-order valence-electron chi connectivity index (χ3n) is 3.61. The van der Waals surface area contributed by atoms with Gasteiger partial charge in [0.05, 0.1) is 11.4 Å². The van der Waals surface area contributed by atoms with Crippen LogP contribution in [-0.2, 0) is 5.41 Å². The van der Waals surface area contributed by atoms with Crippen LogP contribution in [-0.4, -0.2) is 6.54 Å². The third-order valence-corrected chi connectivity index (χ3v) is 4.10. The lowest BCUT2D eigenvalue weighted by Crippen LogP contribution is -2.28. The number of benzene rings is 2. The van der Waals surface area contributed by atoms with Gasteiger partial charge >= 0.3 is 0 Å². The minimum absolute atomic E-state index is 0.0465. The number of hydrogen-bond acceptors (Lipinski definition) is 2. The number of rotatable bonds is 4. The van der Waals surface area contributed by atoms with Crippen molar-refractivity contribution >= 4 is 27.3 Å². The molecule has 0 atom stereocenters. The number of nitrogens with one attached hydrogen (secondary N) is 1. The fraction of sp³-hybridized carbons (Fsp3) is 0.294. The molecule has 0 saturated heterocycles. The van der Waals surface area contributed by atoms with Crippen molar-refractivity contribution in [3.63, 3.8) is 0 Å². The lowest BCUT2D eigenvalue weighted by molar-refractivity contribution is 0.554. The van der Waals surface area contributed by atoms with Gasteiger partial charge in [0.25, 0.3) is 0 Å².